The number of carbonyl (C=O) groups excluding carboxylic acids is 1. The molecule has 1 saturated heterocycles. The Hall–Kier alpha value is -1.90. The molecule has 1 unspecified atom stereocenters. The van der Waals surface area contributed by atoms with E-state index in [4.69, 9.17) is 0 Å². The largest absolute Gasteiger partial charge is 0.325 e. The van der Waals surface area contributed by atoms with Gasteiger partial charge in [0.1, 0.15) is 0 Å². The van der Waals surface area contributed by atoms with Gasteiger partial charge in [-0.15, -0.1) is 0 Å². The predicted molar refractivity (Wildman–Crippen MR) is 107 cm³/mol. The lowest BCUT2D eigenvalue weighted by atomic mass is 10.2. The highest BCUT2D eigenvalue weighted by Gasteiger charge is 2.25. The smallest absolute Gasteiger partial charge is 0.243 e. The molecule has 1 N–H and O–H groups in total. The fourth-order valence-electron chi connectivity index (χ4n) is 2.86. The van der Waals surface area contributed by atoms with Gasteiger partial charge in [-0.1, -0.05) is 24.2 Å². The van der Waals surface area contributed by atoms with Crippen LogP contribution in [0.15, 0.2) is 58.6 Å². The highest BCUT2D eigenvalue weighted by molar-refractivity contribution is 8.00. The van der Waals surface area contributed by atoms with Crippen molar-refractivity contribution >= 4 is 33.4 Å². The molecule has 1 aliphatic heterocycles. The van der Waals surface area contributed by atoms with E-state index in [9.17, 15) is 13.2 Å². The number of anilines is 1. The summed E-state index contributed by atoms with van der Waals surface area (Å²) >= 11 is 1.37. The Balaban J connectivity index is 1.62. The summed E-state index contributed by atoms with van der Waals surface area (Å²) in [4.78, 5) is 16.8. The minimum atomic E-state index is -3.46. The maximum atomic E-state index is 12.7. The van der Waals surface area contributed by atoms with Crippen molar-refractivity contribution in [3.8, 4) is 0 Å². The summed E-state index contributed by atoms with van der Waals surface area (Å²) in [5.74, 6) is -0.155. The van der Waals surface area contributed by atoms with E-state index in [1.807, 2.05) is 25.1 Å². The fraction of sp³-hybridized carbons (Fsp3) is 0.368. The van der Waals surface area contributed by atoms with E-state index in [-0.39, 0.29) is 16.1 Å². The number of hydrogen-bond acceptors (Lipinski definition) is 5. The van der Waals surface area contributed by atoms with E-state index < -0.39 is 10.0 Å². The number of nitrogens with one attached hydrogen (secondary N) is 1. The summed E-state index contributed by atoms with van der Waals surface area (Å²) in [7, 11) is -3.46. The number of thioether (sulfide) groups is 1. The summed E-state index contributed by atoms with van der Waals surface area (Å²) in [6.07, 6.45) is 4.57. The molecule has 1 amide bonds. The van der Waals surface area contributed by atoms with Crippen molar-refractivity contribution in [1.82, 2.24) is 9.29 Å². The second-order valence-electron chi connectivity index (χ2n) is 6.41. The molecule has 0 spiro atoms. The predicted octanol–water partition coefficient (Wildman–Crippen LogP) is 3.38. The van der Waals surface area contributed by atoms with E-state index in [0.717, 1.165) is 24.3 Å². The number of nitrogens with zero attached hydrogens (tertiary/aromatic N) is 2. The zero-order valence-corrected chi connectivity index (χ0v) is 16.8. The van der Waals surface area contributed by atoms with Crippen LogP contribution in [0.4, 0.5) is 5.69 Å². The number of sulfonamides is 1. The van der Waals surface area contributed by atoms with Crippen molar-refractivity contribution in [2.45, 2.75) is 41.4 Å². The summed E-state index contributed by atoms with van der Waals surface area (Å²) in [6.45, 7) is 2.95. The summed E-state index contributed by atoms with van der Waals surface area (Å²) in [5.41, 5.74) is 0.575. The van der Waals surface area contributed by atoms with Gasteiger partial charge in [-0.25, -0.2) is 13.4 Å². The monoisotopic (exact) mass is 405 g/mol. The van der Waals surface area contributed by atoms with Crippen LogP contribution < -0.4 is 5.32 Å². The van der Waals surface area contributed by atoms with Crippen LogP contribution >= 0.6 is 11.8 Å². The van der Waals surface area contributed by atoms with Gasteiger partial charge in [-0.05, 0) is 56.2 Å². The Kier molecular flexibility index (Phi) is 6.51. The average Bonchev–Trinajstić information content (AvgIpc) is 2.70. The second-order valence-corrected chi connectivity index (χ2v) is 9.71. The Morgan fingerprint density at radius 3 is 2.44 bits per heavy atom. The van der Waals surface area contributed by atoms with Gasteiger partial charge in [0.2, 0.25) is 15.9 Å². The Morgan fingerprint density at radius 1 is 1.11 bits per heavy atom. The lowest BCUT2D eigenvalue weighted by Gasteiger charge is -2.25. The summed E-state index contributed by atoms with van der Waals surface area (Å²) < 4.78 is 26.9. The molecule has 1 aromatic heterocycles. The average molecular weight is 406 g/mol. The minimum Gasteiger partial charge on any atom is -0.325 e. The van der Waals surface area contributed by atoms with Crippen LogP contribution in [0.3, 0.4) is 0 Å². The minimum absolute atomic E-state index is 0.155. The number of benzene rings is 1. The molecule has 3 rings (SSSR count). The third-order valence-electron chi connectivity index (χ3n) is 4.38. The number of hydrogen-bond donors (Lipinski definition) is 1. The van der Waals surface area contributed by atoms with Crippen LogP contribution in [-0.2, 0) is 14.8 Å². The zero-order valence-electron chi connectivity index (χ0n) is 15.2. The first-order chi connectivity index (χ1) is 13.0. The molecule has 6 nitrogen and oxygen atoms in total. The van der Waals surface area contributed by atoms with Crippen molar-refractivity contribution in [2.75, 3.05) is 18.4 Å². The lowest BCUT2D eigenvalue weighted by molar-refractivity contribution is -0.115. The van der Waals surface area contributed by atoms with Crippen molar-refractivity contribution in [1.29, 1.82) is 0 Å². The quantitative estimate of drug-likeness (QED) is 0.746. The fourth-order valence-corrected chi connectivity index (χ4v) is 5.18. The molecule has 1 aliphatic rings. The highest BCUT2D eigenvalue weighted by atomic mass is 32.2. The van der Waals surface area contributed by atoms with E-state index in [0.29, 0.717) is 18.8 Å². The van der Waals surface area contributed by atoms with Crippen molar-refractivity contribution in [3.63, 3.8) is 0 Å². The molecule has 0 radical (unpaired) electrons. The zero-order chi connectivity index (χ0) is 19.3. The van der Waals surface area contributed by atoms with Crippen molar-refractivity contribution in [2.24, 2.45) is 0 Å². The van der Waals surface area contributed by atoms with E-state index >= 15 is 0 Å². The molecular formula is C19H23N3O3S2. The van der Waals surface area contributed by atoms with Crippen molar-refractivity contribution < 1.29 is 13.2 Å². The number of pyridine rings is 1. The molecular weight excluding hydrogens is 382 g/mol. The number of carbonyl (C=O) groups is 1. The number of piperidine rings is 1. The number of rotatable bonds is 6. The Bertz CT molecular complexity index is 865. The maximum absolute atomic E-state index is 12.7. The van der Waals surface area contributed by atoms with Crippen LogP contribution in [0.25, 0.3) is 0 Å². The van der Waals surface area contributed by atoms with Gasteiger partial charge >= 0.3 is 0 Å². The first kappa shape index (κ1) is 19.9. The normalized spacial score (nSPS) is 16.6. The van der Waals surface area contributed by atoms with Crippen LogP contribution in [0, 0.1) is 0 Å². The van der Waals surface area contributed by atoms with Gasteiger partial charge in [-0.3, -0.25) is 4.79 Å². The molecule has 2 aromatic rings. The Labute approximate surface area is 164 Å². The lowest BCUT2D eigenvalue weighted by Crippen LogP contribution is -2.35. The highest BCUT2D eigenvalue weighted by Crippen LogP contribution is 2.24. The second kappa shape index (κ2) is 8.86. The van der Waals surface area contributed by atoms with Gasteiger partial charge in [0, 0.05) is 25.0 Å². The molecule has 0 bridgehead atoms. The molecule has 0 saturated carbocycles. The van der Waals surface area contributed by atoms with Crippen LogP contribution in [0.5, 0.6) is 0 Å². The summed E-state index contributed by atoms with van der Waals surface area (Å²) in [5, 5.41) is 3.28. The molecule has 144 valence electrons. The Morgan fingerprint density at radius 2 is 1.81 bits per heavy atom. The molecule has 2 heterocycles. The summed E-state index contributed by atoms with van der Waals surface area (Å²) in [6, 6.07) is 11.9. The first-order valence-electron chi connectivity index (χ1n) is 8.95. The van der Waals surface area contributed by atoms with E-state index in [1.54, 1.807) is 30.5 Å². The van der Waals surface area contributed by atoms with Gasteiger partial charge in [0.05, 0.1) is 15.2 Å². The molecule has 1 fully saturated rings. The van der Waals surface area contributed by atoms with E-state index in [2.05, 4.69) is 10.3 Å². The third-order valence-corrected chi connectivity index (χ3v) is 7.34. The molecule has 0 aliphatic carbocycles. The molecule has 8 heteroatoms. The first-order valence-corrected chi connectivity index (χ1v) is 11.3. The van der Waals surface area contributed by atoms with Crippen molar-refractivity contribution in [3.05, 3.63) is 48.7 Å². The standard InChI is InChI=1S/C19H23N3O3S2/c1-15(26-18-7-3-4-12-20-18)19(23)21-16-8-10-17(11-9-16)27(24,25)22-13-5-2-6-14-22/h3-4,7-12,15H,2,5-6,13-14H2,1H3,(H,21,23). The van der Waals surface area contributed by atoms with Crippen LogP contribution in [0.2, 0.25) is 0 Å². The third kappa shape index (κ3) is 5.09. The van der Waals surface area contributed by atoms with Crippen LogP contribution in [0.1, 0.15) is 26.2 Å². The molecule has 1 aromatic carbocycles. The maximum Gasteiger partial charge on any atom is 0.243 e. The topological polar surface area (TPSA) is 79.4 Å². The molecule has 27 heavy (non-hydrogen) atoms. The van der Waals surface area contributed by atoms with Gasteiger partial charge in [0.25, 0.3) is 0 Å². The SMILES string of the molecule is CC(Sc1ccccn1)C(=O)Nc1ccc(S(=O)(=O)N2CCCCC2)cc1. The molecule has 1 atom stereocenters. The number of amides is 1. The van der Waals surface area contributed by atoms with Gasteiger partial charge in [-0.2, -0.15) is 4.31 Å². The number of aromatic nitrogens is 1. The van der Waals surface area contributed by atoms with E-state index in [1.165, 1.54) is 16.1 Å². The van der Waals surface area contributed by atoms with Crippen LogP contribution in [-0.4, -0.2) is 42.0 Å². The van der Waals surface area contributed by atoms with Gasteiger partial charge in [0.15, 0.2) is 0 Å². The van der Waals surface area contributed by atoms with Gasteiger partial charge < -0.3 is 5.32 Å².